The zero-order valence-electron chi connectivity index (χ0n) is 14.1. The summed E-state index contributed by atoms with van der Waals surface area (Å²) in [5.74, 6) is 2.53. The van der Waals surface area contributed by atoms with Crippen molar-refractivity contribution in [1.82, 2.24) is 5.32 Å². The summed E-state index contributed by atoms with van der Waals surface area (Å²) in [6.07, 6.45) is 9.05. The van der Waals surface area contributed by atoms with Crippen molar-refractivity contribution in [2.24, 2.45) is 5.16 Å². The lowest BCUT2D eigenvalue weighted by atomic mass is 10.1. The molecule has 0 saturated heterocycles. The molecule has 6 heteroatoms. The highest BCUT2D eigenvalue weighted by Crippen LogP contribution is 2.20. The normalized spacial score (nSPS) is 13.8. The first-order valence-corrected chi connectivity index (χ1v) is 7.78. The van der Waals surface area contributed by atoms with E-state index in [1.54, 1.807) is 17.8 Å². The average Bonchev–Trinajstić information content (AvgIpc) is 2.53. The highest BCUT2D eigenvalue weighted by Gasteiger charge is 2.06. The number of nitrogens with one attached hydrogen (secondary N) is 1. The third kappa shape index (κ3) is 11.4. The maximum absolute atomic E-state index is 9.08. The summed E-state index contributed by atoms with van der Waals surface area (Å²) in [6.45, 7) is 7.31. The number of aliphatic hydroxyl groups is 2. The van der Waals surface area contributed by atoms with Crippen LogP contribution >= 0.6 is 11.8 Å². The second-order valence-corrected chi connectivity index (χ2v) is 5.73. The quantitative estimate of drug-likeness (QED) is 0.342. The summed E-state index contributed by atoms with van der Waals surface area (Å²) in [6, 6.07) is 0. The van der Waals surface area contributed by atoms with Crippen LogP contribution in [0, 0.1) is 12.3 Å². The fourth-order valence-corrected chi connectivity index (χ4v) is 2.38. The smallest absolute Gasteiger partial charge is 0.106 e. The zero-order valence-corrected chi connectivity index (χ0v) is 14.9. The van der Waals surface area contributed by atoms with Crippen molar-refractivity contribution in [2.45, 2.75) is 26.0 Å². The number of hydrogen-bond donors (Lipinski definition) is 3. The average molecular weight is 328 g/mol. The number of rotatable bonds is 9. The molecule has 0 heterocycles. The van der Waals surface area contributed by atoms with Crippen LogP contribution in [0.5, 0.6) is 0 Å². The maximum Gasteiger partial charge on any atom is 0.106 e. The van der Waals surface area contributed by atoms with Gasteiger partial charge in [0, 0.05) is 30.4 Å². The van der Waals surface area contributed by atoms with E-state index < -0.39 is 0 Å². The van der Waals surface area contributed by atoms with E-state index in [0.29, 0.717) is 13.1 Å². The Balaban J connectivity index is 0. The van der Waals surface area contributed by atoms with Crippen LogP contribution in [0.3, 0.4) is 0 Å². The molecule has 0 aromatic rings. The minimum atomic E-state index is 0.131. The summed E-state index contributed by atoms with van der Waals surface area (Å²) in [5, 5.41) is 23.4. The second-order valence-electron chi connectivity index (χ2n) is 4.17. The van der Waals surface area contributed by atoms with Gasteiger partial charge in [-0.15, -0.1) is 18.2 Å². The first-order chi connectivity index (χ1) is 10.6. The van der Waals surface area contributed by atoms with Crippen LogP contribution in [0.15, 0.2) is 27.8 Å². The number of aliphatic hydroxyl groups excluding tert-OH is 2. The van der Waals surface area contributed by atoms with Gasteiger partial charge in [-0.05, 0) is 25.5 Å². The lowest BCUT2D eigenvalue weighted by Crippen LogP contribution is -2.22. The van der Waals surface area contributed by atoms with Crippen LogP contribution in [-0.4, -0.2) is 55.1 Å². The predicted molar refractivity (Wildman–Crippen MR) is 95.9 cm³/mol. The van der Waals surface area contributed by atoms with Crippen LogP contribution in [0.1, 0.15) is 20.8 Å². The standard InChI is InChI=1S/C15H24N2O2S.CH4O/c1-6-8-15(20-12(3)11-18)10-16-9-14(7-2)13(4)17-19-5;1-2/h1,7-8,12,16,18H,9-11H2,2-5H3;2H,1H3/b14-7+,15-8-,17-13-;. The number of thioether (sulfide) groups is 1. The summed E-state index contributed by atoms with van der Waals surface area (Å²) in [5.41, 5.74) is 1.92. The third-order valence-corrected chi connectivity index (χ3v) is 3.63. The zero-order chi connectivity index (χ0) is 17.4. The van der Waals surface area contributed by atoms with Crippen molar-refractivity contribution in [3.8, 4) is 12.3 Å². The molecule has 0 aliphatic heterocycles. The molecule has 0 radical (unpaired) electrons. The summed E-state index contributed by atoms with van der Waals surface area (Å²) in [4.78, 5) is 5.80. The maximum atomic E-state index is 9.08. The Morgan fingerprint density at radius 3 is 2.55 bits per heavy atom. The molecule has 0 rings (SSSR count). The van der Waals surface area contributed by atoms with Gasteiger partial charge in [0.05, 0.1) is 12.3 Å². The van der Waals surface area contributed by atoms with E-state index in [0.717, 1.165) is 23.3 Å². The highest BCUT2D eigenvalue weighted by atomic mass is 32.2. The van der Waals surface area contributed by atoms with Gasteiger partial charge in [0.15, 0.2) is 0 Å². The molecule has 0 aliphatic carbocycles. The molecular formula is C16H28N2O3S. The van der Waals surface area contributed by atoms with Crippen LogP contribution in [-0.2, 0) is 4.84 Å². The van der Waals surface area contributed by atoms with Crippen molar-refractivity contribution in [3.63, 3.8) is 0 Å². The molecule has 1 atom stereocenters. The van der Waals surface area contributed by atoms with E-state index in [1.807, 2.05) is 26.8 Å². The van der Waals surface area contributed by atoms with Gasteiger partial charge in [-0.1, -0.05) is 24.1 Å². The Labute approximate surface area is 138 Å². The topological polar surface area (TPSA) is 74.1 Å². The number of allylic oxidation sites excluding steroid dienone is 2. The van der Waals surface area contributed by atoms with Gasteiger partial charge in [-0.2, -0.15) is 0 Å². The summed E-state index contributed by atoms with van der Waals surface area (Å²) in [7, 11) is 2.53. The highest BCUT2D eigenvalue weighted by molar-refractivity contribution is 8.03. The fourth-order valence-electron chi connectivity index (χ4n) is 1.47. The molecule has 0 spiro atoms. The Morgan fingerprint density at radius 2 is 2.09 bits per heavy atom. The molecule has 0 bridgehead atoms. The molecule has 0 aromatic heterocycles. The minimum absolute atomic E-state index is 0.131. The van der Waals surface area contributed by atoms with Crippen LogP contribution in [0.25, 0.3) is 0 Å². The summed E-state index contributed by atoms with van der Waals surface area (Å²) < 4.78 is 0. The monoisotopic (exact) mass is 328 g/mol. The van der Waals surface area contributed by atoms with Crippen molar-refractivity contribution in [1.29, 1.82) is 0 Å². The first kappa shape index (κ1) is 23.0. The largest absolute Gasteiger partial charge is 0.400 e. The van der Waals surface area contributed by atoms with E-state index in [9.17, 15) is 0 Å². The lowest BCUT2D eigenvalue weighted by Gasteiger charge is -2.13. The van der Waals surface area contributed by atoms with E-state index in [4.69, 9.17) is 21.5 Å². The SMILES string of the molecule is C#C/C=C(/CNCC(=C\C)/C(C)=N\OC)SC(C)CO.CO. The van der Waals surface area contributed by atoms with Gasteiger partial charge in [0.1, 0.15) is 7.11 Å². The van der Waals surface area contributed by atoms with E-state index in [-0.39, 0.29) is 11.9 Å². The van der Waals surface area contributed by atoms with Crippen molar-refractivity contribution in [3.05, 3.63) is 22.6 Å². The van der Waals surface area contributed by atoms with Gasteiger partial charge >= 0.3 is 0 Å². The molecule has 0 aliphatic rings. The van der Waals surface area contributed by atoms with Crippen molar-refractivity contribution < 1.29 is 15.1 Å². The van der Waals surface area contributed by atoms with E-state index in [2.05, 4.69) is 16.4 Å². The second kappa shape index (κ2) is 16.1. The number of nitrogens with zero attached hydrogens (tertiary/aromatic N) is 1. The molecule has 0 amide bonds. The van der Waals surface area contributed by atoms with Gasteiger partial charge in [0.2, 0.25) is 0 Å². The molecule has 0 saturated carbocycles. The Morgan fingerprint density at radius 1 is 1.45 bits per heavy atom. The fraction of sp³-hybridized carbons (Fsp3) is 0.562. The van der Waals surface area contributed by atoms with Gasteiger partial charge in [0.25, 0.3) is 0 Å². The van der Waals surface area contributed by atoms with Crippen LogP contribution in [0.2, 0.25) is 0 Å². The number of hydrogen-bond acceptors (Lipinski definition) is 6. The molecule has 5 nitrogen and oxygen atoms in total. The van der Waals surface area contributed by atoms with Gasteiger partial charge in [-0.3, -0.25) is 0 Å². The first-order valence-electron chi connectivity index (χ1n) is 6.90. The molecule has 0 aromatic carbocycles. The van der Waals surface area contributed by atoms with Crippen LogP contribution in [0.4, 0.5) is 0 Å². The Kier molecular flexibility index (Phi) is 16.9. The van der Waals surface area contributed by atoms with Crippen molar-refractivity contribution >= 4 is 17.5 Å². The van der Waals surface area contributed by atoms with E-state index in [1.165, 1.54) is 7.11 Å². The van der Waals surface area contributed by atoms with Crippen LogP contribution < -0.4 is 5.32 Å². The molecule has 126 valence electrons. The van der Waals surface area contributed by atoms with Crippen molar-refractivity contribution in [2.75, 3.05) is 33.9 Å². The molecular weight excluding hydrogens is 300 g/mol. The number of oxime groups is 1. The molecule has 0 fully saturated rings. The van der Waals surface area contributed by atoms with Gasteiger partial charge < -0.3 is 20.4 Å². The van der Waals surface area contributed by atoms with E-state index >= 15 is 0 Å². The lowest BCUT2D eigenvalue weighted by molar-refractivity contribution is 0.213. The summed E-state index contributed by atoms with van der Waals surface area (Å²) >= 11 is 1.58. The minimum Gasteiger partial charge on any atom is -0.400 e. The Hall–Kier alpha value is -1.26. The van der Waals surface area contributed by atoms with Gasteiger partial charge in [-0.25, -0.2) is 0 Å². The number of terminal acetylenes is 1. The molecule has 3 N–H and O–H groups in total. The molecule has 1 unspecified atom stereocenters. The Bertz CT molecular complexity index is 412. The molecule has 22 heavy (non-hydrogen) atoms. The predicted octanol–water partition coefficient (Wildman–Crippen LogP) is 1.78. The third-order valence-electron chi connectivity index (χ3n) is 2.51.